The molecule has 0 unspecified atom stereocenters. The molecule has 0 aromatic heterocycles. The fourth-order valence-electron chi connectivity index (χ4n) is 2.05. The van der Waals surface area contributed by atoms with Crippen molar-refractivity contribution in [3.63, 3.8) is 0 Å². The molecule has 0 fully saturated rings. The van der Waals surface area contributed by atoms with Gasteiger partial charge in [0, 0.05) is 32.2 Å². The summed E-state index contributed by atoms with van der Waals surface area (Å²) in [4.78, 5) is 4.16. The van der Waals surface area contributed by atoms with Crippen LogP contribution in [0.3, 0.4) is 0 Å². The van der Waals surface area contributed by atoms with Crippen molar-refractivity contribution < 1.29 is 13.2 Å². The molecule has 0 aliphatic rings. The fraction of sp³-hybridized carbons (Fsp3) is 0.562. The van der Waals surface area contributed by atoms with Crippen LogP contribution in [-0.4, -0.2) is 47.4 Å². The number of benzene rings is 1. The lowest BCUT2D eigenvalue weighted by Gasteiger charge is -2.15. The average molecular weight is 484 g/mol. The number of ether oxygens (including phenoxy) is 1. The Morgan fingerprint density at radius 2 is 1.96 bits per heavy atom. The highest BCUT2D eigenvalue weighted by Gasteiger charge is 2.05. The van der Waals surface area contributed by atoms with Gasteiger partial charge in [-0.3, -0.25) is 4.99 Å². The monoisotopic (exact) mass is 484 g/mol. The molecular formula is C16H29IN4O3S. The smallest absolute Gasteiger partial charge is 0.208 e. The number of sulfonamides is 1. The summed E-state index contributed by atoms with van der Waals surface area (Å²) in [6.45, 7) is 6.23. The Bertz CT molecular complexity index is 651. The number of halogens is 1. The first-order valence-corrected chi connectivity index (χ1v) is 9.86. The molecule has 9 heteroatoms. The molecule has 1 aromatic rings. The Hall–Kier alpha value is -1.07. The summed E-state index contributed by atoms with van der Waals surface area (Å²) >= 11 is 0. The number of nitrogens with zero attached hydrogens (tertiary/aromatic N) is 1. The van der Waals surface area contributed by atoms with Gasteiger partial charge in [0.15, 0.2) is 5.96 Å². The number of aryl methyl sites for hydroxylation is 1. The predicted molar refractivity (Wildman–Crippen MR) is 113 cm³/mol. The SMILES string of the molecule is CCOc1cc(C)ccc1CNC(=NC)NCCCNS(C)(=O)=O.I. The van der Waals surface area contributed by atoms with Gasteiger partial charge in [0.1, 0.15) is 5.75 Å². The highest BCUT2D eigenvalue weighted by Crippen LogP contribution is 2.20. The first-order valence-electron chi connectivity index (χ1n) is 7.97. The zero-order valence-electron chi connectivity index (χ0n) is 15.3. The van der Waals surface area contributed by atoms with E-state index in [-0.39, 0.29) is 24.0 Å². The second-order valence-electron chi connectivity index (χ2n) is 5.42. The van der Waals surface area contributed by atoms with E-state index in [9.17, 15) is 8.42 Å². The van der Waals surface area contributed by atoms with Gasteiger partial charge in [-0.2, -0.15) is 0 Å². The number of rotatable bonds is 9. The van der Waals surface area contributed by atoms with Crippen molar-refractivity contribution >= 4 is 40.0 Å². The van der Waals surface area contributed by atoms with Gasteiger partial charge in [0.25, 0.3) is 0 Å². The minimum absolute atomic E-state index is 0. The Kier molecular flexibility index (Phi) is 11.8. The quantitative estimate of drug-likeness (QED) is 0.215. The third kappa shape index (κ3) is 10.5. The second-order valence-corrected chi connectivity index (χ2v) is 7.25. The first kappa shape index (κ1) is 23.9. The lowest BCUT2D eigenvalue weighted by molar-refractivity contribution is 0.336. The lowest BCUT2D eigenvalue weighted by atomic mass is 10.1. The van der Waals surface area contributed by atoms with E-state index in [1.54, 1.807) is 7.05 Å². The third-order valence-corrected chi connectivity index (χ3v) is 3.93. The molecule has 1 rings (SSSR count). The minimum Gasteiger partial charge on any atom is -0.494 e. The summed E-state index contributed by atoms with van der Waals surface area (Å²) in [6, 6.07) is 6.11. The number of hydrogen-bond acceptors (Lipinski definition) is 4. The molecule has 0 spiro atoms. The molecule has 7 nitrogen and oxygen atoms in total. The summed E-state index contributed by atoms with van der Waals surface area (Å²) in [5.74, 6) is 1.54. The van der Waals surface area contributed by atoms with Gasteiger partial charge >= 0.3 is 0 Å². The Morgan fingerprint density at radius 3 is 2.56 bits per heavy atom. The van der Waals surface area contributed by atoms with Crippen molar-refractivity contribution in [1.29, 1.82) is 0 Å². The van der Waals surface area contributed by atoms with Crippen LogP contribution in [0.4, 0.5) is 0 Å². The molecule has 0 atom stereocenters. The fourth-order valence-corrected chi connectivity index (χ4v) is 2.57. The van der Waals surface area contributed by atoms with Crippen molar-refractivity contribution in [1.82, 2.24) is 15.4 Å². The largest absolute Gasteiger partial charge is 0.494 e. The summed E-state index contributed by atoms with van der Waals surface area (Å²) in [7, 11) is -1.43. The molecule has 1 aromatic carbocycles. The van der Waals surface area contributed by atoms with E-state index in [0.717, 1.165) is 23.1 Å². The van der Waals surface area contributed by atoms with E-state index >= 15 is 0 Å². The highest BCUT2D eigenvalue weighted by atomic mass is 127. The molecule has 0 radical (unpaired) electrons. The maximum Gasteiger partial charge on any atom is 0.208 e. The zero-order valence-corrected chi connectivity index (χ0v) is 18.4. The van der Waals surface area contributed by atoms with Crippen LogP contribution in [0.1, 0.15) is 24.5 Å². The molecule has 0 aliphatic heterocycles. The summed E-state index contributed by atoms with van der Waals surface area (Å²) in [6.07, 6.45) is 1.82. The number of aliphatic imine (C=N–C) groups is 1. The molecule has 25 heavy (non-hydrogen) atoms. The van der Waals surface area contributed by atoms with Crippen molar-refractivity contribution in [2.45, 2.75) is 26.8 Å². The number of guanidine groups is 1. The van der Waals surface area contributed by atoms with Crippen molar-refractivity contribution in [3.8, 4) is 5.75 Å². The second kappa shape index (κ2) is 12.3. The molecular weight excluding hydrogens is 455 g/mol. The van der Waals surface area contributed by atoms with Crippen molar-refractivity contribution in [3.05, 3.63) is 29.3 Å². The van der Waals surface area contributed by atoms with Crippen LogP contribution in [0.15, 0.2) is 23.2 Å². The first-order chi connectivity index (χ1) is 11.4. The van der Waals surface area contributed by atoms with E-state index in [4.69, 9.17) is 4.74 Å². The van der Waals surface area contributed by atoms with Crippen LogP contribution in [0.2, 0.25) is 0 Å². The van der Waals surface area contributed by atoms with E-state index in [1.165, 1.54) is 0 Å². The van der Waals surface area contributed by atoms with Gasteiger partial charge in [-0.05, 0) is 31.9 Å². The van der Waals surface area contributed by atoms with E-state index in [0.29, 0.717) is 38.6 Å². The van der Waals surface area contributed by atoms with Crippen LogP contribution in [0, 0.1) is 6.92 Å². The zero-order chi connectivity index (χ0) is 18.0. The Balaban J connectivity index is 0.00000576. The molecule has 3 N–H and O–H groups in total. The van der Waals surface area contributed by atoms with Gasteiger partial charge in [-0.1, -0.05) is 12.1 Å². The van der Waals surface area contributed by atoms with Crippen LogP contribution in [-0.2, 0) is 16.6 Å². The standard InChI is InChI=1S/C16H28N4O3S.HI/c1-5-23-15-11-13(2)7-8-14(15)12-19-16(17-3)18-9-6-10-20-24(4,21)22;/h7-8,11,20H,5-6,9-10,12H2,1-4H3,(H2,17,18,19);1H. The van der Waals surface area contributed by atoms with Crippen LogP contribution >= 0.6 is 24.0 Å². The minimum atomic E-state index is -3.13. The van der Waals surface area contributed by atoms with Crippen LogP contribution in [0.25, 0.3) is 0 Å². The highest BCUT2D eigenvalue weighted by molar-refractivity contribution is 14.0. The summed E-state index contributed by atoms with van der Waals surface area (Å²) in [5.41, 5.74) is 2.22. The van der Waals surface area contributed by atoms with Gasteiger partial charge in [-0.15, -0.1) is 24.0 Å². The number of hydrogen-bond donors (Lipinski definition) is 3. The van der Waals surface area contributed by atoms with E-state index in [2.05, 4.69) is 20.3 Å². The van der Waals surface area contributed by atoms with Gasteiger partial charge in [0.05, 0.1) is 12.9 Å². The molecule has 0 bridgehead atoms. The van der Waals surface area contributed by atoms with E-state index < -0.39 is 10.0 Å². The molecule has 0 saturated heterocycles. The molecule has 0 saturated carbocycles. The van der Waals surface area contributed by atoms with Crippen LogP contribution in [0.5, 0.6) is 5.75 Å². The van der Waals surface area contributed by atoms with E-state index in [1.807, 2.05) is 32.0 Å². The number of nitrogens with one attached hydrogen (secondary N) is 3. The average Bonchev–Trinajstić information content (AvgIpc) is 2.50. The Morgan fingerprint density at radius 1 is 1.24 bits per heavy atom. The van der Waals surface area contributed by atoms with Crippen molar-refractivity contribution in [2.75, 3.05) is 33.0 Å². The predicted octanol–water partition coefficient (Wildman–Crippen LogP) is 1.62. The maximum atomic E-state index is 11.0. The Labute approximate surface area is 168 Å². The van der Waals surface area contributed by atoms with Gasteiger partial charge in [0.2, 0.25) is 10.0 Å². The normalized spacial score (nSPS) is 11.6. The third-order valence-electron chi connectivity index (χ3n) is 3.20. The molecule has 0 heterocycles. The lowest BCUT2D eigenvalue weighted by Crippen LogP contribution is -2.38. The van der Waals surface area contributed by atoms with Crippen molar-refractivity contribution in [2.24, 2.45) is 4.99 Å². The maximum absolute atomic E-state index is 11.0. The summed E-state index contributed by atoms with van der Waals surface area (Å²) in [5, 5.41) is 6.38. The van der Waals surface area contributed by atoms with Gasteiger partial charge < -0.3 is 15.4 Å². The molecule has 0 amide bonds. The topological polar surface area (TPSA) is 91.8 Å². The molecule has 0 aliphatic carbocycles. The van der Waals surface area contributed by atoms with Gasteiger partial charge in [-0.25, -0.2) is 13.1 Å². The van der Waals surface area contributed by atoms with Crippen LogP contribution < -0.4 is 20.1 Å². The molecule has 144 valence electrons. The summed E-state index contributed by atoms with van der Waals surface area (Å²) < 4.78 is 30.1.